The molecule has 1 aromatic rings. The van der Waals surface area contributed by atoms with Crippen molar-refractivity contribution < 1.29 is 14.7 Å². The highest BCUT2D eigenvalue weighted by Crippen LogP contribution is 2.32. The Balaban J connectivity index is 2.03. The molecule has 0 aromatic carbocycles. The van der Waals surface area contributed by atoms with Gasteiger partial charge in [0.25, 0.3) is 0 Å². The zero-order valence-electron chi connectivity index (χ0n) is 12.9. The normalized spacial score (nSPS) is 15.0. The summed E-state index contributed by atoms with van der Waals surface area (Å²) in [5, 5.41) is 8.93. The number of hydrogen-bond acceptors (Lipinski definition) is 3. The van der Waals surface area contributed by atoms with Crippen LogP contribution in [0.1, 0.15) is 45.4 Å². The number of amides is 1. The number of rotatable bonds is 7. The van der Waals surface area contributed by atoms with Crippen molar-refractivity contribution >= 4 is 11.9 Å². The van der Waals surface area contributed by atoms with Crippen LogP contribution in [0, 0.1) is 5.41 Å². The summed E-state index contributed by atoms with van der Waals surface area (Å²) in [7, 11) is 1.91. The van der Waals surface area contributed by atoms with Crippen LogP contribution in [0.5, 0.6) is 0 Å². The molecule has 1 aliphatic carbocycles. The third-order valence-electron chi connectivity index (χ3n) is 3.80. The van der Waals surface area contributed by atoms with E-state index in [0.29, 0.717) is 6.54 Å². The van der Waals surface area contributed by atoms with Crippen molar-refractivity contribution in [2.75, 3.05) is 0 Å². The smallest absolute Gasteiger partial charge is 0.303 e. The third-order valence-corrected chi connectivity index (χ3v) is 3.80. The number of aryl methyl sites for hydroxylation is 1. The highest BCUT2D eigenvalue weighted by molar-refractivity contribution is 5.78. The summed E-state index contributed by atoms with van der Waals surface area (Å²) in [6.07, 6.45) is 5.88. The zero-order chi connectivity index (χ0) is 15.6. The second kappa shape index (κ2) is 5.87. The maximum absolute atomic E-state index is 12.6. The van der Waals surface area contributed by atoms with E-state index in [9.17, 15) is 9.59 Å². The number of nitrogens with zero attached hydrogens (tertiary/aromatic N) is 3. The number of carbonyl (C=O) groups excluding carboxylic acids is 1. The van der Waals surface area contributed by atoms with Gasteiger partial charge in [-0.25, -0.2) is 4.98 Å². The molecule has 0 unspecified atom stereocenters. The molecule has 0 bridgehead atoms. The van der Waals surface area contributed by atoms with E-state index in [1.165, 1.54) is 0 Å². The molecule has 1 amide bonds. The molecule has 116 valence electrons. The fourth-order valence-corrected chi connectivity index (χ4v) is 2.49. The monoisotopic (exact) mass is 293 g/mol. The van der Waals surface area contributed by atoms with Crippen molar-refractivity contribution in [1.82, 2.24) is 14.5 Å². The molecule has 1 N–H and O–H groups in total. The molecule has 1 aliphatic rings. The van der Waals surface area contributed by atoms with Crippen molar-refractivity contribution in [1.29, 1.82) is 0 Å². The van der Waals surface area contributed by atoms with Crippen molar-refractivity contribution in [3.05, 3.63) is 18.2 Å². The third kappa shape index (κ3) is 4.31. The quantitative estimate of drug-likeness (QED) is 0.831. The Morgan fingerprint density at radius 2 is 2.10 bits per heavy atom. The number of carbonyl (C=O) groups is 2. The van der Waals surface area contributed by atoms with Gasteiger partial charge in [-0.1, -0.05) is 13.8 Å². The van der Waals surface area contributed by atoms with Crippen LogP contribution < -0.4 is 0 Å². The van der Waals surface area contributed by atoms with Gasteiger partial charge in [-0.3, -0.25) is 9.59 Å². The molecule has 1 saturated carbocycles. The van der Waals surface area contributed by atoms with Crippen LogP contribution in [0.15, 0.2) is 12.4 Å². The average Bonchev–Trinajstić information content (AvgIpc) is 3.08. The first kappa shape index (κ1) is 15.5. The van der Waals surface area contributed by atoms with Crippen LogP contribution in [0.2, 0.25) is 0 Å². The molecule has 2 rings (SSSR count). The Morgan fingerprint density at radius 3 is 2.57 bits per heavy atom. The minimum Gasteiger partial charge on any atom is -0.481 e. The molecule has 0 atom stereocenters. The Labute approximate surface area is 124 Å². The molecule has 6 nitrogen and oxygen atoms in total. The van der Waals surface area contributed by atoms with Crippen LogP contribution in [0.25, 0.3) is 0 Å². The lowest BCUT2D eigenvalue weighted by Gasteiger charge is -2.28. The lowest BCUT2D eigenvalue weighted by molar-refractivity contribution is -0.141. The molecule has 0 spiro atoms. The molecule has 21 heavy (non-hydrogen) atoms. The number of aromatic nitrogens is 2. The molecular weight excluding hydrogens is 270 g/mol. The maximum atomic E-state index is 12.6. The van der Waals surface area contributed by atoms with Gasteiger partial charge in [0.05, 0.1) is 13.0 Å². The van der Waals surface area contributed by atoms with Crippen molar-refractivity contribution in [2.24, 2.45) is 12.5 Å². The van der Waals surface area contributed by atoms with Crippen molar-refractivity contribution in [2.45, 2.75) is 52.1 Å². The van der Waals surface area contributed by atoms with Crippen LogP contribution in [-0.2, 0) is 23.2 Å². The van der Waals surface area contributed by atoms with E-state index < -0.39 is 11.4 Å². The predicted molar refractivity (Wildman–Crippen MR) is 77.4 cm³/mol. The fraction of sp³-hybridized carbons (Fsp3) is 0.667. The fourth-order valence-electron chi connectivity index (χ4n) is 2.49. The van der Waals surface area contributed by atoms with E-state index in [4.69, 9.17) is 5.11 Å². The summed E-state index contributed by atoms with van der Waals surface area (Å²) < 4.78 is 1.91. The first-order chi connectivity index (χ1) is 9.78. The molecule has 6 heteroatoms. The number of imidazole rings is 1. The standard InChI is InChI=1S/C15H23N3O3/c1-15(2,9-14(20)21)8-13(19)18(11-4-5-11)10-12-16-6-7-17(12)3/h6-7,11H,4-5,8-10H2,1-3H3,(H,20,21). The van der Waals surface area contributed by atoms with Gasteiger partial charge in [0.15, 0.2) is 0 Å². The van der Waals surface area contributed by atoms with Gasteiger partial charge in [0.1, 0.15) is 5.82 Å². The average molecular weight is 293 g/mol. The topological polar surface area (TPSA) is 75.4 Å². The molecule has 1 fully saturated rings. The largest absolute Gasteiger partial charge is 0.481 e. The highest BCUT2D eigenvalue weighted by atomic mass is 16.4. The van der Waals surface area contributed by atoms with Crippen LogP contribution in [0.4, 0.5) is 0 Å². The number of hydrogen-bond donors (Lipinski definition) is 1. The molecular formula is C15H23N3O3. The molecule has 1 heterocycles. The van der Waals surface area contributed by atoms with Gasteiger partial charge in [-0.15, -0.1) is 0 Å². The van der Waals surface area contributed by atoms with Gasteiger partial charge in [-0.2, -0.15) is 0 Å². The Hall–Kier alpha value is -1.85. The first-order valence-electron chi connectivity index (χ1n) is 7.26. The van der Waals surface area contributed by atoms with Crippen molar-refractivity contribution in [3.8, 4) is 0 Å². The second-order valence-electron chi connectivity index (χ2n) is 6.62. The van der Waals surface area contributed by atoms with Gasteiger partial charge in [0, 0.05) is 31.9 Å². The summed E-state index contributed by atoms with van der Waals surface area (Å²) in [6.45, 7) is 4.14. The van der Waals surface area contributed by atoms with E-state index in [1.54, 1.807) is 6.20 Å². The van der Waals surface area contributed by atoms with Crippen LogP contribution >= 0.6 is 0 Å². The Kier molecular flexibility index (Phi) is 4.34. The van der Waals surface area contributed by atoms with Gasteiger partial charge >= 0.3 is 5.97 Å². The lowest BCUT2D eigenvalue weighted by atomic mass is 9.85. The van der Waals surface area contributed by atoms with E-state index in [-0.39, 0.29) is 24.8 Å². The Morgan fingerprint density at radius 1 is 1.43 bits per heavy atom. The summed E-state index contributed by atoms with van der Waals surface area (Å²) in [5.41, 5.74) is -0.530. The minimum absolute atomic E-state index is 0.000346. The summed E-state index contributed by atoms with van der Waals surface area (Å²) in [6, 6.07) is 0.287. The summed E-state index contributed by atoms with van der Waals surface area (Å²) in [5.74, 6) is 0.00733. The van der Waals surface area contributed by atoms with Crippen molar-refractivity contribution in [3.63, 3.8) is 0 Å². The first-order valence-corrected chi connectivity index (χ1v) is 7.26. The van der Waals surface area contributed by atoms with Crippen LogP contribution in [-0.4, -0.2) is 37.5 Å². The SMILES string of the molecule is Cn1ccnc1CN(C(=O)CC(C)(C)CC(=O)O)C1CC1. The maximum Gasteiger partial charge on any atom is 0.303 e. The molecule has 1 aromatic heterocycles. The lowest BCUT2D eigenvalue weighted by Crippen LogP contribution is -2.36. The van der Waals surface area contributed by atoms with Crippen LogP contribution in [0.3, 0.4) is 0 Å². The number of aliphatic carboxylic acids is 1. The van der Waals surface area contributed by atoms with Gasteiger partial charge in [0.2, 0.25) is 5.91 Å². The zero-order valence-corrected chi connectivity index (χ0v) is 12.9. The van der Waals surface area contributed by atoms with Gasteiger partial charge < -0.3 is 14.6 Å². The highest BCUT2D eigenvalue weighted by Gasteiger charge is 2.36. The van der Waals surface area contributed by atoms with E-state index in [1.807, 2.05) is 36.6 Å². The molecule has 0 saturated heterocycles. The molecule has 0 aliphatic heterocycles. The van der Waals surface area contributed by atoms with E-state index in [0.717, 1.165) is 18.7 Å². The summed E-state index contributed by atoms with van der Waals surface area (Å²) in [4.78, 5) is 29.6. The van der Waals surface area contributed by atoms with Gasteiger partial charge in [-0.05, 0) is 18.3 Å². The van der Waals surface area contributed by atoms with E-state index >= 15 is 0 Å². The number of carboxylic acid groups (broad SMARTS) is 1. The van der Waals surface area contributed by atoms with E-state index in [2.05, 4.69) is 4.98 Å². The Bertz CT molecular complexity index is 532. The number of carboxylic acids is 1. The predicted octanol–water partition coefficient (Wildman–Crippen LogP) is 1.80. The summed E-state index contributed by atoms with van der Waals surface area (Å²) >= 11 is 0. The second-order valence-corrected chi connectivity index (χ2v) is 6.62. The molecule has 0 radical (unpaired) electrons. The minimum atomic E-state index is -0.866.